The maximum Gasteiger partial charge on any atom is 0.135 e. The lowest BCUT2D eigenvalue weighted by Gasteiger charge is -2.36. The van der Waals surface area contributed by atoms with E-state index in [1.54, 1.807) is 5.56 Å². The van der Waals surface area contributed by atoms with Crippen molar-refractivity contribution in [3.8, 4) is 0 Å². The Hall–Kier alpha value is -5.64. The Morgan fingerprint density at radius 1 is 0.655 bits per heavy atom. The summed E-state index contributed by atoms with van der Waals surface area (Å²) in [6.07, 6.45) is 29.4. The second-order valence-corrected chi connectivity index (χ2v) is 16.6. The maximum atomic E-state index is 6.38. The molecule has 0 bridgehead atoms. The normalized spacial score (nSPS) is 20.9. The van der Waals surface area contributed by atoms with Crippen LogP contribution in [0.1, 0.15) is 66.0 Å². The van der Waals surface area contributed by atoms with Crippen molar-refractivity contribution >= 4 is 69.6 Å². The SMILES string of the molecule is C1=CC(N(C2=c3sc4c(c3=CCC2)CCC=C4c2ccccc2)c2cccc(C3C=c4oc5ccccc5c4=CC3)c2)CC=C1C1C=c2ccccc2=CC1. The lowest BCUT2D eigenvalue weighted by atomic mass is 9.86. The molecule has 55 heavy (non-hydrogen) atoms. The van der Waals surface area contributed by atoms with E-state index in [9.17, 15) is 0 Å². The molecule has 2 aromatic heterocycles. The standard InChI is InChI=1S/C52H43NOS/c1-2-12-36(13-3-1)43-18-9-19-46-47-20-10-21-48(52(47)55-51(43)46)53(41-28-25-35(26-29-41)39-24-23-34-11-4-5-14-37(34)31-39)42-16-8-15-38(32-42)40-27-30-45-44-17-6-7-22-49(44)54-50(45)33-40/h1-8,11-18,20,22-23,25-26,28,30-33,39-41H,9-10,19,21,24,27,29H2. The van der Waals surface area contributed by atoms with Gasteiger partial charge < -0.3 is 9.32 Å². The average Bonchev–Trinajstić information content (AvgIpc) is 3.83. The zero-order valence-corrected chi connectivity index (χ0v) is 31.8. The molecular formula is C52H43NOS. The number of thiophene rings is 1. The molecule has 0 saturated carbocycles. The number of fused-ring (bicyclic) bond motifs is 7. The first-order valence-corrected chi connectivity index (χ1v) is 20.9. The Bertz CT molecular complexity index is 2990. The minimum absolute atomic E-state index is 0.229. The van der Waals surface area contributed by atoms with Gasteiger partial charge in [-0.25, -0.2) is 0 Å². The van der Waals surface area contributed by atoms with Crippen LogP contribution < -0.4 is 35.7 Å². The molecule has 2 heterocycles. The van der Waals surface area contributed by atoms with Crippen molar-refractivity contribution < 1.29 is 4.42 Å². The summed E-state index contributed by atoms with van der Waals surface area (Å²) in [5, 5.41) is 6.65. The number of rotatable bonds is 6. The van der Waals surface area contributed by atoms with E-state index in [0.29, 0.717) is 5.92 Å². The van der Waals surface area contributed by atoms with Crippen LogP contribution in [-0.4, -0.2) is 6.04 Å². The lowest BCUT2D eigenvalue weighted by Crippen LogP contribution is -2.40. The first-order chi connectivity index (χ1) is 27.2. The minimum Gasteiger partial charge on any atom is -0.456 e. The first-order valence-electron chi connectivity index (χ1n) is 20.1. The van der Waals surface area contributed by atoms with Crippen molar-refractivity contribution in [1.82, 2.24) is 0 Å². The Labute approximate surface area is 325 Å². The number of para-hydroxylation sites is 1. The van der Waals surface area contributed by atoms with Crippen LogP contribution in [0.25, 0.3) is 52.6 Å². The molecule has 2 nitrogen and oxygen atoms in total. The highest BCUT2D eigenvalue weighted by molar-refractivity contribution is 7.11. The predicted molar refractivity (Wildman–Crippen MR) is 232 cm³/mol. The van der Waals surface area contributed by atoms with Gasteiger partial charge >= 0.3 is 0 Å². The van der Waals surface area contributed by atoms with Gasteiger partial charge in [-0.05, 0) is 113 Å². The Kier molecular flexibility index (Phi) is 8.09. The smallest absolute Gasteiger partial charge is 0.135 e. The molecule has 0 fully saturated rings. The molecule has 4 aromatic carbocycles. The molecule has 3 unspecified atom stereocenters. The van der Waals surface area contributed by atoms with Gasteiger partial charge in [0.2, 0.25) is 0 Å². The maximum absolute atomic E-state index is 6.38. The molecule has 5 aliphatic rings. The summed E-state index contributed by atoms with van der Waals surface area (Å²) >= 11 is 2.03. The molecule has 0 N–H and O–H groups in total. The van der Waals surface area contributed by atoms with Crippen LogP contribution in [0.4, 0.5) is 5.69 Å². The first kappa shape index (κ1) is 32.8. The van der Waals surface area contributed by atoms with Crippen molar-refractivity contribution in [2.75, 3.05) is 4.90 Å². The number of anilines is 1. The fraction of sp³-hybridized carbons (Fsp3) is 0.192. The zero-order valence-electron chi connectivity index (χ0n) is 31.0. The topological polar surface area (TPSA) is 16.4 Å². The number of furan rings is 1. The molecule has 268 valence electrons. The number of hydrogen-bond donors (Lipinski definition) is 0. The molecule has 5 aliphatic carbocycles. The summed E-state index contributed by atoms with van der Waals surface area (Å²) in [4.78, 5) is 4.18. The van der Waals surface area contributed by atoms with Gasteiger partial charge in [-0.2, -0.15) is 0 Å². The quantitative estimate of drug-likeness (QED) is 0.172. The number of benzene rings is 4. The molecule has 0 amide bonds. The molecule has 11 rings (SSSR count). The minimum atomic E-state index is 0.229. The molecule has 6 aromatic rings. The molecule has 0 saturated heterocycles. The molecule has 0 radical (unpaired) electrons. The van der Waals surface area contributed by atoms with Gasteiger partial charge in [-0.3, -0.25) is 0 Å². The number of nitrogens with zero attached hydrogens (tertiary/aromatic N) is 1. The van der Waals surface area contributed by atoms with Crippen molar-refractivity contribution in [2.24, 2.45) is 5.92 Å². The van der Waals surface area contributed by atoms with Crippen LogP contribution in [0, 0.1) is 5.92 Å². The van der Waals surface area contributed by atoms with Gasteiger partial charge in [-0.15, -0.1) is 11.3 Å². The fourth-order valence-corrected chi connectivity index (χ4v) is 11.2. The number of hydrogen-bond acceptors (Lipinski definition) is 3. The lowest BCUT2D eigenvalue weighted by molar-refractivity contribution is 0.569. The van der Waals surface area contributed by atoms with E-state index in [1.165, 1.54) is 69.3 Å². The van der Waals surface area contributed by atoms with E-state index in [2.05, 4.69) is 163 Å². The van der Waals surface area contributed by atoms with Gasteiger partial charge in [0.05, 0.1) is 10.6 Å². The van der Waals surface area contributed by atoms with Gasteiger partial charge in [0.1, 0.15) is 11.0 Å². The summed E-state index contributed by atoms with van der Waals surface area (Å²) in [7, 11) is 0. The van der Waals surface area contributed by atoms with Crippen LogP contribution in [0.5, 0.6) is 0 Å². The molecule has 0 aliphatic heterocycles. The van der Waals surface area contributed by atoms with Crippen LogP contribution in [-0.2, 0) is 6.42 Å². The average molecular weight is 730 g/mol. The van der Waals surface area contributed by atoms with Crippen molar-refractivity contribution in [1.29, 1.82) is 0 Å². The molecular weight excluding hydrogens is 687 g/mol. The predicted octanol–water partition coefficient (Wildman–Crippen LogP) is 8.35. The molecule has 3 heteroatoms. The van der Waals surface area contributed by atoms with Crippen molar-refractivity contribution in [2.45, 2.75) is 56.9 Å². The highest BCUT2D eigenvalue weighted by Gasteiger charge is 2.28. The van der Waals surface area contributed by atoms with E-state index in [-0.39, 0.29) is 12.0 Å². The second kappa shape index (κ2) is 13.6. The van der Waals surface area contributed by atoms with E-state index in [0.717, 1.165) is 55.9 Å². The highest BCUT2D eigenvalue weighted by Crippen LogP contribution is 2.37. The fourth-order valence-electron chi connectivity index (χ4n) is 9.70. The van der Waals surface area contributed by atoms with Gasteiger partial charge in [0, 0.05) is 38.7 Å². The summed E-state index contributed by atoms with van der Waals surface area (Å²) < 4.78 is 7.84. The number of allylic oxidation sites excluding steroid dienone is 3. The summed E-state index contributed by atoms with van der Waals surface area (Å²) in [5.41, 5.74) is 11.8. The molecule has 0 spiro atoms. The van der Waals surface area contributed by atoms with Crippen LogP contribution in [0.2, 0.25) is 0 Å². The Morgan fingerprint density at radius 2 is 1.49 bits per heavy atom. The second-order valence-electron chi connectivity index (χ2n) is 15.6. The van der Waals surface area contributed by atoms with Crippen LogP contribution in [0.15, 0.2) is 137 Å². The van der Waals surface area contributed by atoms with Gasteiger partial charge in [-0.1, -0.05) is 134 Å². The monoisotopic (exact) mass is 729 g/mol. The van der Waals surface area contributed by atoms with Crippen molar-refractivity contribution in [3.05, 3.63) is 185 Å². The highest BCUT2D eigenvalue weighted by atomic mass is 32.1. The van der Waals surface area contributed by atoms with Gasteiger partial charge in [0.25, 0.3) is 0 Å². The Balaban J connectivity index is 1.02. The van der Waals surface area contributed by atoms with E-state index < -0.39 is 0 Å². The Morgan fingerprint density at radius 3 is 2.40 bits per heavy atom. The van der Waals surface area contributed by atoms with Crippen LogP contribution >= 0.6 is 11.3 Å². The third kappa shape index (κ3) is 5.76. The van der Waals surface area contributed by atoms with Crippen LogP contribution in [0.3, 0.4) is 0 Å². The molecule has 3 atom stereocenters. The summed E-state index contributed by atoms with van der Waals surface area (Å²) in [6.45, 7) is 0. The van der Waals surface area contributed by atoms with E-state index in [4.69, 9.17) is 4.42 Å². The zero-order chi connectivity index (χ0) is 36.3. The van der Waals surface area contributed by atoms with E-state index >= 15 is 0 Å². The third-order valence-electron chi connectivity index (χ3n) is 12.4. The van der Waals surface area contributed by atoms with Crippen molar-refractivity contribution in [3.63, 3.8) is 0 Å². The third-order valence-corrected chi connectivity index (χ3v) is 13.7. The largest absolute Gasteiger partial charge is 0.456 e. The van der Waals surface area contributed by atoms with Gasteiger partial charge in [0.15, 0.2) is 0 Å². The summed E-state index contributed by atoms with van der Waals surface area (Å²) in [6, 6.07) is 37.9. The van der Waals surface area contributed by atoms with E-state index in [1.807, 2.05) is 11.3 Å². The summed E-state index contributed by atoms with van der Waals surface area (Å²) in [5.74, 6) is 0.679.